The van der Waals surface area contributed by atoms with Crippen molar-refractivity contribution in [3.05, 3.63) is 35.3 Å². The molecule has 8 heteroatoms. The third-order valence-electron chi connectivity index (χ3n) is 3.50. The lowest BCUT2D eigenvalue weighted by Crippen LogP contribution is -2.27. The maximum Gasteiger partial charge on any atom is 0.234 e. The van der Waals surface area contributed by atoms with Crippen molar-refractivity contribution >= 4 is 40.6 Å². The second-order valence-electron chi connectivity index (χ2n) is 5.69. The SMILES string of the molecule is COc1cccc(NC(=O)CSc2nc(CC(=O)NC3CC3)cs2)c1. The maximum atomic E-state index is 12.0. The fraction of sp³-hybridized carbons (Fsp3) is 0.353. The molecule has 0 unspecified atom stereocenters. The number of thioether (sulfide) groups is 1. The molecule has 0 spiro atoms. The lowest BCUT2D eigenvalue weighted by Gasteiger charge is -2.06. The van der Waals surface area contributed by atoms with Crippen molar-refractivity contribution in [2.75, 3.05) is 18.2 Å². The smallest absolute Gasteiger partial charge is 0.234 e. The Morgan fingerprint density at radius 3 is 2.96 bits per heavy atom. The fourth-order valence-electron chi connectivity index (χ4n) is 2.13. The van der Waals surface area contributed by atoms with E-state index in [4.69, 9.17) is 4.74 Å². The van der Waals surface area contributed by atoms with E-state index in [9.17, 15) is 9.59 Å². The topological polar surface area (TPSA) is 80.3 Å². The number of nitrogens with zero attached hydrogens (tertiary/aromatic N) is 1. The van der Waals surface area contributed by atoms with Crippen LogP contribution in [0, 0.1) is 0 Å². The molecule has 1 aromatic carbocycles. The third kappa shape index (κ3) is 5.75. The van der Waals surface area contributed by atoms with Crippen molar-refractivity contribution in [3.63, 3.8) is 0 Å². The molecule has 0 saturated heterocycles. The minimum absolute atomic E-state index is 0.0140. The lowest BCUT2D eigenvalue weighted by molar-refractivity contribution is -0.120. The summed E-state index contributed by atoms with van der Waals surface area (Å²) < 4.78 is 5.92. The minimum atomic E-state index is -0.110. The monoisotopic (exact) mass is 377 g/mol. The first-order valence-electron chi connectivity index (χ1n) is 7.93. The molecule has 2 amide bonds. The minimum Gasteiger partial charge on any atom is -0.497 e. The van der Waals surface area contributed by atoms with Crippen molar-refractivity contribution in [2.24, 2.45) is 0 Å². The summed E-state index contributed by atoms with van der Waals surface area (Å²) in [6.07, 6.45) is 2.45. The zero-order valence-corrected chi connectivity index (χ0v) is 15.4. The molecule has 132 valence electrons. The van der Waals surface area contributed by atoms with E-state index in [0.29, 0.717) is 23.9 Å². The molecule has 1 heterocycles. The molecule has 3 rings (SSSR count). The summed E-state index contributed by atoms with van der Waals surface area (Å²) in [5.41, 5.74) is 1.44. The first-order chi connectivity index (χ1) is 12.1. The molecule has 0 bridgehead atoms. The van der Waals surface area contributed by atoms with Crippen LogP contribution >= 0.6 is 23.1 Å². The number of hydrogen-bond acceptors (Lipinski definition) is 6. The van der Waals surface area contributed by atoms with Gasteiger partial charge in [-0.15, -0.1) is 11.3 Å². The molecule has 2 N–H and O–H groups in total. The standard InChI is InChI=1S/C17H19N3O3S2/c1-23-14-4-2-3-12(7-14)19-16(22)10-25-17-20-13(9-24-17)8-15(21)18-11-5-6-11/h2-4,7,9,11H,5-6,8,10H2,1H3,(H,18,21)(H,19,22). The predicted molar refractivity (Wildman–Crippen MR) is 99.3 cm³/mol. The number of hydrogen-bond donors (Lipinski definition) is 2. The van der Waals surface area contributed by atoms with Crippen LogP contribution in [-0.2, 0) is 16.0 Å². The number of thiazole rings is 1. The lowest BCUT2D eigenvalue weighted by atomic mass is 10.3. The van der Waals surface area contributed by atoms with Gasteiger partial charge in [0, 0.05) is 23.2 Å². The zero-order chi connectivity index (χ0) is 17.6. The van der Waals surface area contributed by atoms with Gasteiger partial charge in [0.15, 0.2) is 4.34 Å². The number of carbonyl (C=O) groups excluding carboxylic acids is 2. The number of methoxy groups -OCH3 is 1. The molecule has 2 aromatic rings. The molecule has 6 nitrogen and oxygen atoms in total. The number of anilines is 1. The average Bonchev–Trinajstić information content (AvgIpc) is 3.29. The van der Waals surface area contributed by atoms with Crippen LogP contribution < -0.4 is 15.4 Å². The largest absolute Gasteiger partial charge is 0.497 e. The van der Waals surface area contributed by atoms with Gasteiger partial charge in [-0.05, 0) is 25.0 Å². The normalized spacial score (nSPS) is 13.3. The number of carbonyl (C=O) groups is 2. The van der Waals surface area contributed by atoms with Gasteiger partial charge in [-0.25, -0.2) is 4.98 Å². The second-order valence-corrected chi connectivity index (χ2v) is 7.77. The first kappa shape index (κ1) is 17.8. The van der Waals surface area contributed by atoms with E-state index in [1.165, 1.54) is 23.1 Å². The summed E-state index contributed by atoms with van der Waals surface area (Å²) in [7, 11) is 1.59. The molecule has 1 aromatic heterocycles. The molecule has 1 fully saturated rings. The molecule has 0 atom stereocenters. The molecular formula is C17H19N3O3S2. The van der Waals surface area contributed by atoms with Crippen LogP contribution in [0.4, 0.5) is 5.69 Å². The highest BCUT2D eigenvalue weighted by Gasteiger charge is 2.23. The van der Waals surface area contributed by atoms with Gasteiger partial charge < -0.3 is 15.4 Å². The van der Waals surface area contributed by atoms with Crippen LogP contribution in [0.1, 0.15) is 18.5 Å². The highest BCUT2D eigenvalue weighted by Crippen LogP contribution is 2.24. The Balaban J connectivity index is 1.44. The highest BCUT2D eigenvalue weighted by molar-refractivity contribution is 8.01. The summed E-state index contributed by atoms with van der Waals surface area (Å²) in [5, 5.41) is 7.64. The summed E-state index contributed by atoms with van der Waals surface area (Å²) in [4.78, 5) is 28.2. The molecular weight excluding hydrogens is 358 g/mol. The van der Waals surface area contributed by atoms with Crippen molar-refractivity contribution in [3.8, 4) is 5.75 Å². The van der Waals surface area contributed by atoms with Crippen LogP contribution in [0.15, 0.2) is 34.0 Å². The Hall–Kier alpha value is -2.06. The maximum absolute atomic E-state index is 12.0. The number of amides is 2. The second kappa shape index (κ2) is 8.35. The summed E-state index contributed by atoms with van der Waals surface area (Å²) in [5.74, 6) is 0.861. The Kier molecular flexibility index (Phi) is 5.93. The number of rotatable bonds is 8. The summed E-state index contributed by atoms with van der Waals surface area (Å²) in [6.45, 7) is 0. The fourth-order valence-corrected chi connectivity index (χ4v) is 3.78. The van der Waals surface area contributed by atoms with E-state index in [-0.39, 0.29) is 17.6 Å². The van der Waals surface area contributed by atoms with Gasteiger partial charge in [-0.2, -0.15) is 0 Å². The van der Waals surface area contributed by atoms with Gasteiger partial charge in [0.25, 0.3) is 0 Å². The summed E-state index contributed by atoms with van der Waals surface area (Å²) in [6, 6.07) is 7.58. The molecule has 0 radical (unpaired) electrons. The van der Waals surface area contributed by atoms with Crippen LogP contribution in [0.5, 0.6) is 5.75 Å². The third-order valence-corrected chi connectivity index (χ3v) is 5.56. The molecule has 1 saturated carbocycles. The highest BCUT2D eigenvalue weighted by atomic mass is 32.2. The number of ether oxygens (including phenoxy) is 1. The van der Waals surface area contributed by atoms with Crippen LogP contribution in [0.3, 0.4) is 0 Å². The quantitative estimate of drug-likeness (QED) is 0.692. The van der Waals surface area contributed by atoms with Crippen molar-refractivity contribution < 1.29 is 14.3 Å². The Morgan fingerprint density at radius 1 is 1.36 bits per heavy atom. The van der Waals surface area contributed by atoms with E-state index >= 15 is 0 Å². The van der Waals surface area contributed by atoms with Gasteiger partial charge in [0.2, 0.25) is 11.8 Å². The number of aromatic nitrogens is 1. The Labute approximate surface area is 154 Å². The molecule has 25 heavy (non-hydrogen) atoms. The Morgan fingerprint density at radius 2 is 2.20 bits per heavy atom. The van der Waals surface area contributed by atoms with Gasteiger partial charge in [0.1, 0.15) is 5.75 Å². The zero-order valence-electron chi connectivity index (χ0n) is 13.8. The molecule has 1 aliphatic rings. The van der Waals surface area contributed by atoms with Gasteiger partial charge in [0.05, 0.1) is 25.0 Å². The van der Waals surface area contributed by atoms with Gasteiger partial charge >= 0.3 is 0 Å². The van der Waals surface area contributed by atoms with Crippen molar-refractivity contribution in [1.82, 2.24) is 10.3 Å². The molecule has 0 aliphatic heterocycles. The van der Waals surface area contributed by atoms with Gasteiger partial charge in [-0.1, -0.05) is 17.8 Å². The van der Waals surface area contributed by atoms with Crippen molar-refractivity contribution in [2.45, 2.75) is 29.6 Å². The van der Waals surface area contributed by atoms with Gasteiger partial charge in [-0.3, -0.25) is 9.59 Å². The van der Waals surface area contributed by atoms with Crippen LogP contribution in [-0.4, -0.2) is 35.7 Å². The first-order valence-corrected chi connectivity index (χ1v) is 9.79. The van der Waals surface area contributed by atoms with Crippen LogP contribution in [0.25, 0.3) is 0 Å². The van der Waals surface area contributed by atoms with E-state index in [1.807, 2.05) is 23.6 Å². The molecule has 1 aliphatic carbocycles. The number of nitrogens with one attached hydrogen (secondary N) is 2. The Bertz CT molecular complexity index is 759. The van der Waals surface area contributed by atoms with E-state index in [2.05, 4.69) is 15.6 Å². The van der Waals surface area contributed by atoms with E-state index in [0.717, 1.165) is 22.9 Å². The average molecular weight is 377 g/mol. The van der Waals surface area contributed by atoms with Crippen LogP contribution in [0.2, 0.25) is 0 Å². The predicted octanol–water partition coefficient (Wildman–Crippen LogP) is 2.70. The van der Waals surface area contributed by atoms with Crippen molar-refractivity contribution in [1.29, 1.82) is 0 Å². The van der Waals surface area contributed by atoms with E-state index in [1.54, 1.807) is 13.2 Å². The number of benzene rings is 1. The summed E-state index contributed by atoms with van der Waals surface area (Å²) >= 11 is 2.82. The van der Waals surface area contributed by atoms with E-state index < -0.39 is 0 Å².